The summed E-state index contributed by atoms with van der Waals surface area (Å²) in [6.07, 6.45) is 3.81. The van der Waals surface area contributed by atoms with Gasteiger partial charge in [0.05, 0.1) is 13.7 Å². The summed E-state index contributed by atoms with van der Waals surface area (Å²) in [5.74, 6) is 1.99. The van der Waals surface area contributed by atoms with Crippen LogP contribution in [-0.2, 0) is 19.4 Å². The Morgan fingerprint density at radius 3 is 2.08 bits per heavy atom. The van der Waals surface area contributed by atoms with Gasteiger partial charge in [-0.05, 0) is 83.2 Å². The van der Waals surface area contributed by atoms with Gasteiger partial charge in [-0.3, -0.25) is 0 Å². The summed E-state index contributed by atoms with van der Waals surface area (Å²) >= 11 is 0. The predicted molar refractivity (Wildman–Crippen MR) is 150 cm³/mol. The number of phenols is 1. The normalized spacial score (nSPS) is 11.1. The zero-order valence-corrected chi connectivity index (χ0v) is 21.1. The van der Waals surface area contributed by atoms with Gasteiger partial charge in [0.2, 0.25) is 0 Å². The molecule has 0 radical (unpaired) electrons. The molecule has 5 nitrogen and oxygen atoms in total. The molecule has 1 aromatic heterocycles. The molecule has 5 heteroatoms. The van der Waals surface area contributed by atoms with Crippen LogP contribution in [-0.4, -0.2) is 29.9 Å². The average Bonchev–Trinajstić information content (AvgIpc) is 3.26. The number of aromatic hydroxyl groups is 1. The highest BCUT2D eigenvalue weighted by Gasteiger charge is 2.11. The Bertz CT molecular complexity index is 1450. The van der Waals surface area contributed by atoms with Gasteiger partial charge < -0.3 is 24.9 Å². The molecule has 0 aliphatic heterocycles. The third-order valence-corrected chi connectivity index (χ3v) is 6.67. The molecule has 188 valence electrons. The van der Waals surface area contributed by atoms with Gasteiger partial charge in [0.1, 0.15) is 17.2 Å². The first-order valence-corrected chi connectivity index (χ1v) is 12.6. The van der Waals surface area contributed by atoms with E-state index in [0.717, 1.165) is 36.4 Å². The molecule has 0 amide bonds. The summed E-state index contributed by atoms with van der Waals surface area (Å²) in [6, 6.07) is 30.4. The molecule has 0 aliphatic carbocycles. The Morgan fingerprint density at radius 2 is 1.41 bits per heavy atom. The lowest BCUT2D eigenvalue weighted by atomic mass is 10.0. The van der Waals surface area contributed by atoms with E-state index < -0.39 is 0 Å². The summed E-state index contributed by atoms with van der Waals surface area (Å²) < 4.78 is 13.6. The Hall–Kier alpha value is -4.22. The van der Waals surface area contributed by atoms with Crippen LogP contribution in [0, 0.1) is 0 Å². The highest BCUT2D eigenvalue weighted by molar-refractivity contribution is 5.85. The van der Waals surface area contributed by atoms with Crippen molar-refractivity contribution < 1.29 is 14.6 Å². The monoisotopic (exact) mass is 492 g/mol. The fourth-order valence-electron chi connectivity index (χ4n) is 4.66. The number of methoxy groups -OCH3 is 1. The Labute approximate surface area is 217 Å². The first kappa shape index (κ1) is 24.5. The van der Waals surface area contributed by atoms with Gasteiger partial charge >= 0.3 is 0 Å². The largest absolute Gasteiger partial charge is 0.508 e. The summed E-state index contributed by atoms with van der Waals surface area (Å²) in [7, 11) is 1.68. The molecule has 5 aromatic rings. The van der Waals surface area contributed by atoms with Crippen molar-refractivity contribution in [1.29, 1.82) is 0 Å². The summed E-state index contributed by atoms with van der Waals surface area (Å²) in [6.45, 7) is 1.95. The van der Waals surface area contributed by atoms with E-state index in [2.05, 4.69) is 59.3 Å². The molecule has 0 aliphatic rings. The van der Waals surface area contributed by atoms with Gasteiger partial charge in [-0.15, -0.1) is 0 Å². The minimum absolute atomic E-state index is 0.278. The Morgan fingerprint density at radius 1 is 0.757 bits per heavy atom. The van der Waals surface area contributed by atoms with Gasteiger partial charge in [0.25, 0.3) is 0 Å². The summed E-state index contributed by atoms with van der Waals surface area (Å²) in [5.41, 5.74) is 13.1. The van der Waals surface area contributed by atoms with Gasteiger partial charge in [-0.1, -0.05) is 48.5 Å². The second-order valence-electron chi connectivity index (χ2n) is 9.19. The van der Waals surface area contributed by atoms with Crippen molar-refractivity contribution in [1.82, 2.24) is 4.57 Å². The topological polar surface area (TPSA) is 69.6 Å². The lowest BCUT2D eigenvalue weighted by Gasteiger charge is -2.09. The van der Waals surface area contributed by atoms with Crippen LogP contribution in [0.5, 0.6) is 17.2 Å². The molecule has 3 N–H and O–H groups in total. The van der Waals surface area contributed by atoms with Crippen LogP contribution in [0.1, 0.15) is 16.7 Å². The molecule has 0 spiro atoms. The Balaban J connectivity index is 1.31. The van der Waals surface area contributed by atoms with Crippen molar-refractivity contribution in [2.75, 3.05) is 20.3 Å². The van der Waals surface area contributed by atoms with Crippen LogP contribution < -0.4 is 15.2 Å². The van der Waals surface area contributed by atoms with Crippen LogP contribution in [0.15, 0.2) is 97.2 Å². The number of hydrogen-bond donors (Lipinski definition) is 2. The van der Waals surface area contributed by atoms with Gasteiger partial charge in [-0.25, -0.2) is 0 Å². The van der Waals surface area contributed by atoms with E-state index in [0.29, 0.717) is 13.2 Å². The van der Waals surface area contributed by atoms with E-state index in [4.69, 9.17) is 15.2 Å². The molecule has 0 saturated carbocycles. The van der Waals surface area contributed by atoms with Crippen LogP contribution in [0.3, 0.4) is 0 Å². The molecular formula is C32H32N2O3. The molecule has 0 bridgehead atoms. The van der Waals surface area contributed by atoms with E-state index in [1.165, 1.54) is 33.2 Å². The highest BCUT2D eigenvalue weighted by atomic mass is 16.5. The van der Waals surface area contributed by atoms with E-state index >= 15 is 0 Å². The molecule has 1 heterocycles. The summed E-state index contributed by atoms with van der Waals surface area (Å²) in [5, 5.41) is 10.6. The highest BCUT2D eigenvalue weighted by Crippen LogP contribution is 2.28. The summed E-state index contributed by atoms with van der Waals surface area (Å²) in [4.78, 5) is 0. The zero-order chi connectivity index (χ0) is 25.6. The van der Waals surface area contributed by atoms with E-state index in [-0.39, 0.29) is 5.75 Å². The number of ether oxygens (including phenoxy) is 2. The maximum Gasteiger partial charge on any atom is 0.120 e. The van der Waals surface area contributed by atoms with Crippen LogP contribution in [0.2, 0.25) is 0 Å². The van der Waals surface area contributed by atoms with Gasteiger partial charge in [-0.2, -0.15) is 0 Å². The number of aromatic nitrogens is 1. The van der Waals surface area contributed by atoms with Gasteiger partial charge in [0.15, 0.2) is 0 Å². The number of phenolic OH excluding ortho intramolecular Hbond substituents is 1. The maximum absolute atomic E-state index is 9.46. The minimum atomic E-state index is 0.278. The quantitative estimate of drug-likeness (QED) is 0.244. The molecule has 0 fully saturated rings. The van der Waals surface area contributed by atoms with Crippen molar-refractivity contribution in [2.45, 2.75) is 19.4 Å². The van der Waals surface area contributed by atoms with Crippen LogP contribution in [0.4, 0.5) is 0 Å². The van der Waals surface area contributed by atoms with Crippen LogP contribution >= 0.6 is 0 Å². The number of rotatable bonds is 10. The van der Waals surface area contributed by atoms with Crippen molar-refractivity contribution in [3.63, 3.8) is 0 Å². The smallest absolute Gasteiger partial charge is 0.120 e. The molecule has 0 unspecified atom stereocenters. The van der Waals surface area contributed by atoms with Gasteiger partial charge in [0, 0.05) is 30.1 Å². The number of benzene rings is 4. The third kappa shape index (κ3) is 5.79. The lowest BCUT2D eigenvalue weighted by molar-refractivity contribution is 0.322. The molecule has 0 saturated heterocycles. The SMILES string of the molecule is COc1ccc(-c2ccc(Cn3cc(CCN)c4cc(OCCc5ccc(O)cc5)ccc43)cc2)cc1. The fourth-order valence-corrected chi connectivity index (χ4v) is 4.66. The average molecular weight is 493 g/mol. The van der Waals surface area contributed by atoms with E-state index in [9.17, 15) is 5.11 Å². The van der Waals surface area contributed by atoms with E-state index in [1.807, 2.05) is 30.3 Å². The molecule has 0 atom stereocenters. The first-order chi connectivity index (χ1) is 18.1. The van der Waals surface area contributed by atoms with Crippen molar-refractivity contribution in [3.8, 4) is 28.4 Å². The zero-order valence-electron chi connectivity index (χ0n) is 21.1. The first-order valence-electron chi connectivity index (χ1n) is 12.6. The third-order valence-electron chi connectivity index (χ3n) is 6.67. The lowest BCUT2D eigenvalue weighted by Crippen LogP contribution is -2.02. The number of nitrogens with two attached hydrogens (primary N) is 1. The van der Waals surface area contributed by atoms with E-state index in [1.54, 1.807) is 19.2 Å². The van der Waals surface area contributed by atoms with Crippen molar-refractivity contribution in [2.24, 2.45) is 5.73 Å². The van der Waals surface area contributed by atoms with Crippen LogP contribution in [0.25, 0.3) is 22.0 Å². The molecular weight excluding hydrogens is 460 g/mol. The standard InChI is InChI=1S/C32H32N2O3/c1-36-29-12-8-26(9-13-29)25-6-2-24(3-7-25)21-34-22-27(16-18-33)31-20-30(14-15-32(31)34)37-19-17-23-4-10-28(35)11-5-23/h2-15,20,22,35H,16-19,21,33H2,1H3. The van der Waals surface area contributed by atoms with Crippen molar-refractivity contribution >= 4 is 10.9 Å². The fraction of sp³-hybridized carbons (Fsp3) is 0.188. The second-order valence-corrected chi connectivity index (χ2v) is 9.19. The molecule has 4 aromatic carbocycles. The second kappa shape index (κ2) is 11.2. The van der Waals surface area contributed by atoms with Crippen molar-refractivity contribution in [3.05, 3.63) is 114 Å². The minimum Gasteiger partial charge on any atom is -0.508 e. The maximum atomic E-state index is 9.46. The number of hydrogen-bond acceptors (Lipinski definition) is 4. The molecule has 5 rings (SSSR count). The predicted octanol–water partition coefficient (Wildman–Crippen LogP) is 6.19. The number of nitrogens with zero attached hydrogens (tertiary/aromatic N) is 1. The number of fused-ring (bicyclic) bond motifs is 1. The molecule has 37 heavy (non-hydrogen) atoms. The Kier molecular flexibility index (Phi) is 7.43.